The van der Waals surface area contributed by atoms with Crippen molar-refractivity contribution >= 4 is 47.7 Å². The Morgan fingerprint density at radius 2 is 1.85 bits per heavy atom. The highest BCUT2D eigenvalue weighted by atomic mass is 35.5. The summed E-state index contributed by atoms with van der Waals surface area (Å²) in [5.74, 6) is -0.222. The number of hydrogen-bond acceptors (Lipinski definition) is 4. The zero-order chi connectivity index (χ0) is 18.7. The van der Waals surface area contributed by atoms with E-state index in [1.54, 1.807) is 50.3 Å². The normalized spacial score (nSPS) is 15.2. The van der Waals surface area contributed by atoms with Crippen molar-refractivity contribution < 1.29 is 18.4 Å². The van der Waals surface area contributed by atoms with E-state index in [1.165, 1.54) is 0 Å². The first kappa shape index (κ1) is 18.9. The number of amides is 1. The summed E-state index contributed by atoms with van der Waals surface area (Å²) in [7, 11) is -3.43. The predicted molar refractivity (Wildman–Crippen MR) is 105 cm³/mol. The second kappa shape index (κ2) is 7.77. The number of carbonyl (C=O) groups excluding carboxylic acids is 1. The Kier molecular flexibility index (Phi) is 5.64. The van der Waals surface area contributed by atoms with E-state index in [4.69, 9.17) is 20.6 Å². The van der Waals surface area contributed by atoms with Crippen LogP contribution in [0.3, 0.4) is 0 Å². The highest BCUT2D eigenvalue weighted by molar-refractivity contribution is 7.62. The van der Waals surface area contributed by atoms with Crippen molar-refractivity contribution in [1.82, 2.24) is 0 Å². The minimum atomic E-state index is -3.43. The average molecular weight is 392 g/mol. The number of hydrogen-bond donors (Lipinski definition) is 1. The van der Waals surface area contributed by atoms with Gasteiger partial charge in [0.1, 0.15) is 0 Å². The number of halogens is 1. The fourth-order valence-electron chi connectivity index (χ4n) is 2.78. The van der Waals surface area contributed by atoms with E-state index in [9.17, 15) is 9.36 Å². The maximum atomic E-state index is 13.0. The highest BCUT2D eigenvalue weighted by Crippen LogP contribution is 2.48. The van der Waals surface area contributed by atoms with Gasteiger partial charge in [0.15, 0.2) is 0 Å². The molecule has 1 amide bonds. The summed E-state index contributed by atoms with van der Waals surface area (Å²) in [6, 6.07) is 12.3. The van der Waals surface area contributed by atoms with Crippen molar-refractivity contribution in [2.75, 3.05) is 18.5 Å². The molecule has 1 aliphatic rings. The second-order valence-electron chi connectivity index (χ2n) is 5.63. The molecular weight excluding hydrogens is 373 g/mol. The topological polar surface area (TPSA) is 64.6 Å². The first-order chi connectivity index (χ1) is 12.5. The van der Waals surface area contributed by atoms with Crippen molar-refractivity contribution in [2.24, 2.45) is 0 Å². The van der Waals surface area contributed by atoms with Gasteiger partial charge in [0.25, 0.3) is 5.91 Å². The van der Waals surface area contributed by atoms with Gasteiger partial charge in [0.2, 0.25) is 0 Å². The quantitative estimate of drug-likeness (QED) is 0.571. The van der Waals surface area contributed by atoms with E-state index in [0.29, 0.717) is 27.2 Å². The summed E-state index contributed by atoms with van der Waals surface area (Å²) in [6.07, 6.45) is 1.75. The van der Waals surface area contributed by atoms with Crippen LogP contribution < -0.4 is 10.6 Å². The molecule has 2 aromatic rings. The zero-order valence-corrected chi connectivity index (χ0v) is 16.1. The molecule has 0 saturated heterocycles. The van der Waals surface area contributed by atoms with Gasteiger partial charge in [-0.3, -0.25) is 9.36 Å². The molecule has 26 heavy (non-hydrogen) atoms. The highest BCUT2D eigenvalue weighted by Gasteiger charge is 2.31. The van der Waals surface area contributed by atoms with Crippen LogP contribution in [-0.4, -0.2) is 19.1 Å². The largest absolute Gasteiger partial charge is 0.361 e. The zero-order valence-electron chi connectivity index (χ0n) is 14.5. The van der Waals surface area contributed by atoms with Crippen LogP contribution in [-0.2, 0) is 18.4 Å². The van der Waals surface area contributed by atoms with Crippen LogP contribution in [0.1, 0.15) is 25.0 Å². The minimum Gasteiger partial charge on any atom is -0.321 e. The molecule has 0 fully saturated rings. The smallest absolute Gasteiger partial charge is 0.321 e. The van der Waals surface area contributed by atoms with Crippen LogP contribution in [0.25, 0.3) is 11.6 Å². The Morgan fingerprint density at radius 3 is 2.50 bits per heavy atom. The maximum Gasteiger partial charge on any atom is 0.361 e. The summed E-state index contributed by atoms with van der Waals surface area (Å²) >= 11 is 6.02. The van der Waals surface area contributed by atoms with Crippen molar-refractivity contribution in [3.63, 3.8) is 0 Å². The molecule has 0 radical (unpaired) electrons. The number of benzene rings is 2. The lowest BCUT2D eigenvalue weighted by atomic mass is 10.0. The van der Waals surface area contributed by atoms with E-state index >= 15 is 0 Å². The van der Waals surface area contributed by atoms with Gasteiger partial charge in [0, 0.05) is 21.8 Å². The molecule has 0 spiro atoms. The molecule has 0 atom stereocenters. The summed E-state index contributed by atoms with van der Waals surface area (Å²) in [6.45, 7) is 4.04. The summed E-state index contributed by atoms with van der Waals surface area (Å²) in [5.41, 5.74) is 2.60. The first-order valence-electron chi connectivity index (χ1n) is 8.29. The van der Waals surface area contributed by atoms with Gasteiger partial charge in [-0.15, -0.1) is 0 Å². The first-order valence-corrected chi connectivity index (χ1v) is 10.2. The lowest BCUT2D eigenvalue weighted by molar-refractivity contribution is -0.110. The molecular formula is C19H19ClNO4P. The van der Waals surface area contributed by atoms with E-state index in [1.807, 2.05) is 12.1 Å². The third-order valence-electron chi connectivity index (χ3n) is 3.86. The molecule has 136 valence electrons. The Morgan fingerprint density at radius 1 is 1.12 bits per heavy atom. The average Bonchev–Trinajstić information content (AvgIpc) is 2.90. The molecule has 0 unspecified atom stereocenters. The Hall–Kier alpha value is -1.91. The third-order valence-corrected chi connectivity index (χ3v) is 6.20. The van der Waals surface area contributed by atoms with E-state index in [-0.39, 0.29) is 19.1 Å². The molecule has 0 aromatic heterocycles. The third kappa shape index (κ3) is 3.76. The fraction of sp³-hybridized carbons (Fsp3) is 0.211. The van der Waals surface area contributed by atoms with Gasteiger partial charge >= 0.3 is 7.60 Å². The Bertz CT molecular complexity index is 916. The van der Waals surface area contributed by atoms with Gasteiger partial charge < -0.3 is 14.4 Å². The van der Waals surface area contributed by atoms with E-state index in [2.05, 4.69) is 5.32 Å². The summed E-state index contributed by atoms with van der Waals surface area (Å²) in [4.78, 5) is 12.4. The monoisotopic (exact) mass is 391 g/mol. The Labute approximate surface area is 157 Å². The van der Waals surface area contributed by atoms with Crippen molar-refractivity contribution in [2.45, 2.75) is 13.8 Å². The van der Waals surface area contributed by atoms with Crippen LogP contribution in [0.5, 0.6) is 0 Å². The number of anilines is 1. The number of rotatable bonds is 6. The molecule has 0 aliphatic carbocycles. The van der Waals surface area contributed by atoms with Crippen LogP contribution >= 0.6 is 19.2 Å². The number of fused-ring (bicyclic) bond motifs is 1. The predicted octanol–water partition coefficient (Wildman–Crippen LogP) is 4.72. The molecule has 5 nitrogen and oxygen atoms in total. The van der Waals surface area contributed by atoms with E-state index < -0.39 is 7.60 Å². The van der Waals surface area contributed by atoms with Crippen LogP contribution in [0, 0.1) is 0 Å². The number of nitrogens with one attached hydrogen (secondary N) is 1. The van der Waals surface area contributed by atoms with Gasteiger partial charge in [-0.1, -0.05) is 23.7 Å². The lowest BCUT2D eigenvalue weighted by Crippen LogP contribution is -2.11. The molecule has 7 heteroatoms. The SMILES string of the molecule is CCOP(=O)(OCC)c1ccc2c(c1)/C(=C/c1cccc(Cl)c1)C(=O)N2. The standard InChI is InChI=1S/C19H19ClNO4P/c1-3-24-26(23,25-4-2)15-8-9-18-16(12-15)17(19(22)21-18)11-13-6-5-7-14(20)10-13/h5-12H,3-4H2,1-2H3,(H,21,22)/b17-11-. The summed E-state index contributed by atoms with van der Waals surface area (Å²) < 4.78 is 23.8. The van der Waals surface area contributed by atoms with Gasteiger partial charge in [-0.25, -0.2) is 0 Å². The lowest BCUT2D eigenvalue weighted by Gasteiger charge is -2.17. The molecule has 0 saturated carbocycles. The molecule has 3 rings (SSSR count). The second-order valence-corrected chi connectivity index (χ2v) is 8.09. The molecule has 1 aliphatic heterocycles. The van der Waals surface area contributed by atoms with Gasteiger partial charge in [0.05, 0.1) is 18.5 Å². The summed E-state index contributed by atoms with van der Waals surface area (Å²) in [5, 5.41) is 3.82. The minimum absolute atomic E-state index is 0.222. The molecule has 1 heterocycles. The van der Waals surface area contributed by atoms with Crippen LogP contribution in [0.2, 0.25) is 5.02 Å². The molecule has 0 bridgehead atoms. The Balaban J connectivity index is 2.07. The molecule has 2 aromatic carbocycles. The van der Waals surface area contributed by atoms with Crippen molar-refractivity contribution in [3.8, 4) is 0 Å². The van der Waals surface area contributed by atoms with Crippen molar-refractivity contribution in [1.29, 1.82) is 0 Å². The maximum absolute atomic E-state index is 13.0. The van der Waals surface area contributed by atoms with Gasteiger partial charge in [-0.05, 0) is 55.8 Å². The molecule has 1 N–H and O–H groups in total. The van der Waals surface area contributed by atoms with Gasteiger partial charge in [-0.2, -0.15) is 0 Å². The van der Waals surface area contributed by atoms with Crippen molar-refractivity contribution in [3.05, 3.63) is 58.6 Å². The van der Waals surface area contributed by atoms with Crippen LogP contribution in [0.4, 0.5) is 5.69 Å². The van der Waals surface area contributed by atoms with Crippen LogP contribution in [0.15, 0.2) is 42.5 Å². The fourth-order valence-corrected chi connectivity index (χ4v) is 4.57. The number of carbonyl (C=O) groups is 1. The van der Waals surface area contributed by atoms with E-state index in [0.717, 1.165) is 5.56 Å².